The second kappa shape index (κ2) is 6.64. The van der Waals surface area contributed by atoms with Crippen LogP contribution in [0, 0.1) is 0 Å². The Balaban J connectivity index is 1.70. The third-order valence-corrected chi connectivity index (χ3v) is 4.86. The second-order valence-corrected chi connectivity index (χ2v) is 7.13. The summed E-state index contributed by atoms with van der Waals surface area (Å²) in [5, 5.41) is 6.16. The number of carbonyl (C=O) groups is 2. The van der Waals surface area contributed by atoms with Crippen molar-refractivity contribution in [1.29, 1.82) is 0 Å². The Labute approximate surface area is 143 Å². The number of hydrogen-bond acceptors (Lipinski definition) is 3. The van der Waals surface area contributed by atoms with Gasteiger partial charge in [0.15, 0.2) is 0 Å². The highest BCUT2D eigenvalue weighted by atomic mass is 35.5. The molecule has 3 rings (SSSR count). The van der Waals surface area contributed by atoms with Gasteiger partial charge in [-0.1, -0.05) is 23.7 Å². The lowest BCUT2D eigenvalue weighted by atomic mass is 10.1. The molecule has 1 heterocycles. The first-order valence-corrected chi connectivity index (χ1v) is 8.43. The smallest absolute Gasteiger partial charge is 0.237 e. The number of anilines is 2. The van der Waals surface area contributed by atoms with Crippen LogP contribution in [-0.4, -0.2) is 17.1 Å². The maximum atomic E-state index is 12.1. The lowest BCUT2D eigenvalue weighted by Gasteiger charge is -2.21. The Kier molecular flexibility index (Phi) is 4.59. The lowest BCUT2D eigenvalue weighted by molar-refractivity contribution is -0.116. The van der Waals surface area contributed by atoms with Gasteiger partial charge in [-0.15, -0.1) is 11.8 Å². The fourth-order valence-electron chi connectivity index (χ4n) is 2.32. The third-order valence-electron chi connectivity index (χ3n) is 3.45. The maximum absolute atomic E-state index is 12.1. The van der Waals surface area contributed by atoms with Crippen molar-refractivity contribution in [2.45, 2.75) is 23.5 Å². The van der Waals surface area contributed by atoms with Gasteiger partial charge in [0.2, 0.25) is 11.8 Å². The molecule has 0 aromatic heterocycles. The minimum atomic E-state index is -0.129. The first-order valence-electron chi connectivity index (χ1n) is 7.17. The molecule has 0 aliphatic carbocycles. The molecule has 1 aliphatic heterocycles. The number of hydrogen-bond donors (Lipinski definition) is 2. The molecule has 0 bridgehead atoms. The van der Waals surface area contributed by atoms with E-state index in [1.807, 2.05) is 25.1 Å². The van der Waals surface area contributed by atoms with Gasteiger partial charge in [-0.3, -0.25) is 9.59 Å². The number of nitrogens with one attached hydrogen (secondary N) is 2. The molecule has 4 nitrogen and oxygen atoms in total. The molecule has 0 spiro atoms. The number of rotatable bonds is 3. The standard InChI is InChI=1S/C17H15ClN2O2S/c1-10-17(22)20-14-7-11(5-6-15(14)23-10)8-16(21)19-13-4-2-3-12(18)9-13/h2-7,9-10H,8H2,1H3,(H,19,21)(H,20,22). The van der Waals surface area contributed by atoms with E-state index in [1.54, 1.807) is 24.3 Å². The summed E-state index contributed by atoms with van der Waals surface area (Å²) in [7, 11) is 0. The SMILES string of the molecule is CC1Sc2ccc(CC(=O)Nc3cccc(Cl)c3)cc2NC1=O. The predicted molar refractivity (Wildman–Crippen MR) is 94.2 cm³/mol. The van der Waals surface area contributed by atoms with Crippen LogP contribution in [0.25, 0.3) is 0 Å². The van der Waals surface area contributed by atoms with Gasteiger partial charge in [0.1, 0.15) is 0 Å². The second-order valence-electron chi connectivity index (χ2n) is 5.32. The minimum absolute atomic E-state index is 0.0111. The van der Waals surface area contributed by atoms with Gasteiger partial charge in [0.05, 0.1) is 17.4 Å². The van der Waals surface area contributed by atoms with Crippen molar-refractivity contribution in [2.75, 3.05) is 10.6 Å². The fourth-order valence-corrected chi connectivity index (χ4v) is 3.44. The molecule has 23 heavy (non-hydrogen) atoms. The van der Waals surface area contributed by atoms with Crippen molar-refractivity contribution in [3.8, 4) is 0 Å². The highest BCUT2D eigenvalue weighted by Gasteiger charge is 2.23. The van der Waals surface area contributed by atoms with Crippen LogP contribution >= 0.6 is 23.4 Å². The average molecular weight is 347 g/mol. The zero-order valence-electron chi connectivity index (χ0n) is 12.4. The normalized spacial score (nSPS) is 16.4. The van der Waals surface area contributed by atoms with E-state index in [0.717, 1.165) is 16.1 Å². The monoisotopic (exact) mass is 346 g/mol. The van der Waals surface area contributed by atoms with E-state index >= 15 is 0 Å². The molecular weight excluding hydrogens is 332 g/mol. The predicted octanol–water partition coefficient (Wildman–Crippen LogP) is 3.95. The van der Waals surface area contributed by atoms with Crippen molar-refractivity contribution in [2.24, 2.45) is 0 Å². The number of halogens is 1. The number of thioether (sulfide) groups is 1. The van der Waals surface area contributed by atoms with Crippen molar-refractivity contribution in [1.82, 2.24) is 0 Å². The summed E-state index contributed by atoms with van der Waals surface area (Å²) in [4.78, 5) is 24.9. The fraction of sp³-hybridized carbons (Fsp3) is 0.176. The molecule has 2 aromatic carbocycles. The summed E-state index contributed by atoms with van der Waals surface area (Å²) in [5.41, 5.74) is 2.28. The number of amides is 2. The Morgan fingerprint density at radius 2 is 2.13 bits per heavy atom. The van der Waals surface area contributed by atoms with Crippen LogP contribution in [-0.2, 0) is 16.0 Å². The summed E-state index contributed by atoms with van der Waals surface area (Å²) >= 11 is 7.42. The number of carbonyl (C=O) groups excluding carboxylic acids is 2. The molecule has 2 N–H and O–H groups in total. The topological polar surface area (TPSA) is 58.2 Å². The quantitative estimate of drug-likeness (QED) is 0.884. The molecule has 1 atom stereocenters. The van der Waals surface area contributed by atoms with Crippen LogP contribution in [0.2, 0.25) is 5.02 Å². The molecule has 0 fully saturated rings. The van der Waals surface area contributed by atoms with Gasteiger partial charge in [-0.05, 0) is 42.8 Å². The Morgan fingerprint density at radius 3 is 2.91 bits per heavy atom. The Hall–Kier alpha value is -1.98. The third kappa shape index (κ3) is 3.86. The van der Waals surface area contributed by atoms with Crippen molar-refractivity contribution < 1.29 is 9.59 Å². The Morgan fingerprint density at radius 1 is 1.30 bits per heavy atom. The van der Waals surface area contributed by atoms with E-state index < -0.39 is 0 Å². The minimum Gasteiger partial charge on any atom is -0.326 e. The average Bonchev–Trinajstić information content (AvgIpc) is 2.48. The van der Waals surface area contributed by atoms with Gasteiger partial charge >= 0.3 is 0 Å². The molecule has 118 valence electrons. The molecular formula is C17H15ClN2O2S. The van der Waals surface area contributed by atoms with E-state index in [-0.39, 0.29) is 23.5 Å². The van der Waals surface area contributed by atoms with Gasteiger partial charge in [0.25, 0.3) is 0 Å². The first-order chi connectivity index (χ1) is 11.0. The van der Waals surface area contributed by atoms with Crippen LogP contribution in [0.1, 0.15) is 12.5 Å². The first kappa shape index (κ1) is 15.9. The van der Waals surface area contributed by atoms with E-state index in [2.05, 4.69) is 10.6 Å². The zero-order chi connectivity index (χ0) is 16.4. The van der Waals surface area contributed by atoms with Crippen molar-refractivity contribution >= 4 is 46.6 Å². The zero-order valence-corrected chi connectivity index (χ0v) is 14.0. The van der Waals surface area contributed by atoms with Crippen LogP contribution in [0.15, 0.2) is 47.4 Å². The van der Waals surface area contributed by atoms with Gasteiger partial charge in [-0.2, -0.15) is 0 Å². The molecule has 6 heteroatoms. The van der Waals surface area contributed by atoms with Gasteiger partial charge in [-0.25, -0.2) is 0 Å². The summed E-state index contributed by atoms with van der Waals surface area (Å²) in [6.45, 7) is 1.87. The van der Waals surface area contributed by atoms with Gasteiger partial charge in [0, 0.05) is 15.6 Å². The molecule has 0 saturated carbocycles. The van der Waals surface area contributed by atoms with E-state index in [0.29, 0.717) is 10.7 Å². The summed E-state index contributed by atoms with van der Waals surface area (Å²) in [6.07, 6.45) is 0.232. The van der Waals surface area contributed by atoms with E-state index in [9.17, 15) is 9.59 Å². The Bertz CT molecular complexity index is 779. The van der Waals surface area contributed by atoms with E-state index in [4.69, 9.17) is 11.6 Å². The largest absolute Gasteiger partial charge is 0.326 e. The molecule has 2 amide bonds. The van der Waals surface area contributed by atoms with Crippen LogP contribution in [0.3, 0.4) is 0 Å². The number of benzene rings is 2. The molecule has 0 radical (unpaired) electrons. The highest BCUT2D eigenvalue weighted by molar-refractivity contribution is 8.00. The van der Waals surface area contributed by atoms with Gasteiger partial charge < -0.3 is 10.6 Å². The maximum Gasteiger partial charge on any atom is 0.237 e. The number of fused-ring (bicyclic) bond motifs is 1. The van der Waals surface area contributed by atoms with Crippen LogP contribution in [0.4, 0.5) is 11.4 Å². The molecule has 1 aliphatic rings. The van der Waals surface area contributed by atoms with Crippen molar-refractivity contribution in [3.63, 3.8) is 0 Å². The van der Waals surface area contributed by atoms with Crippen LogP contribution in [0.5, 0.6) is 0 Å². The molecule has 0 saturated heterocycles. The lowest BCUT2D eigenvalue weighted by Crippen LogP contribution is -2.26. The summed E-state index contributed by atoms with van der Waals surface area (Å²) in [6, 6.07) is 12.7. The summed E-state index contributed by atoms with van der Waals surface area (Å²) < 4.78 is 0. The highest BCUT2D eigenvalue weighted by Crippen LogP contribution is 2.36. The van der Waals surface area contributed by atoms with E-state index in [1.165, 1.54) is 11.8 Å². The molecule has 2 aromatic rings. The van der Waals surface area contributed by atoms with Crippen molar-refractivity contribution in [3.05, 3.63) is 53.1 Å². The summed E-state index contributed by atoms with van der Waals surface area (Å²) in [5.74, 6) is -0.140. The van der Waals surface area contributed by atoms with Crippen LogP contribution < -0.4 is 10.6 Å². The molecule has 1 unspecified atom stereocenters.